The Morgan fingerprint density at radius 1 is 1.50 bits per heavy atom. The summed E-state index contributed by atoms with van der Waals surface area (Å²) in [6.45, 7) is 4.97. The van der Waals surface area contributed by atoms with Crippen LogP contribution in [0, 0.1) is 11.2 Å². The maximum absolute atomic E-state index is 14.1. The number of aliphatic hydroxyl groups is 1. The van der Waals surface area contributed by atoms with E-state index in [1.165, 1.54) is 12.1 Å². The molecule has 1 aromatic rings. The van der Waals surface area contributed by atoms with E-state index in [2.05, 4.69) is 10.6 Å². The topological polar surface area (TPSA) is 81.7 Å². The van der Waals surface area contributed by atoms with E-state index in [1.54, 1.807) is 11.0 Å². The first-order valence-electron chi connectivity index (χ1n) is 8.56. The van der Waals surface area contributed by atoms with Crippen LogP contribution in [0.5, 0.6) is 0 Å². The lowest BCUT2D eigenvalue weighted by molar-refractivity contribution is -0.134. The highest BCUT2D eigenvalue weighted by Gasteiger charge is 2.32. The molecule has 1 unspecified atom stereocenters. The molecular formula is C18H25ClFN3O3. The minimum Gasteiger partial charge on any atom is -0.396 e. The Morgan fingerprint density at radius 3 is 2.88 bits per heavy atom. The summed E-state index contributed by atoms with van der Waals surface area (Å²) in [7, 11) is 0. The maximum Gasteiger partial charge on any atom is 0.237 e. The Hall–Kier alpha value is -1.70. The second-order valence-corrected chi connectivity index (χ2v) is 7.69. The zero-order chi connectivity index (χ0) is 19.3. The minimum absolute atomic E-state index is 0.0422. The van der Waals surface area contributed by atoms with Crippen molar-refractivity contribution in [1.29, 1.82) is 0 Å². The van der Waals surface area contributed by atoms with Gasteiger partial charge in [0.15, 0.2) is 0 Å². The number of nitrogens with one attached hydrogen (secondary N) is 2. The van der Waals surface area contributed by atoms with Crippen LogP contribution in [0.3, 0.4) is 0 Å². The first-order chi connectivity index (χ1) is 12.2. The van der Waals surface area contributed by atoms with Crippen LogP contribution in [0.15, 0.2) is 18.2 Å². The second-order valence-electron chi connectivity index (χ2n) is 7.28. The van der Waals surface area contributed by atoms with Gasteiger partial charge in [-0.15, -0.1) is 0 Å². The summed E-state index contributed by atoms with van der Waals surface area (Å²) in [6.07, 6.45) is -0.0422. The Labute approximate surface area is 157 Å². The van der Waals surface area contributed by atoms with E-state index in [1.807, 2.05) is 13.8 Å². The zero-order valence-corrected chi connectivity index (χ0v) is 15.8. The number of carbonyl (C=O) groups is 2. The summed E-state index contributed by atoms with van der Waals surface area (Å²) in [6, 6.07) is 3.75. The molecule has 0 saturated carbocycles. The van der Waals surface area contributed by atoms with Gasteiger partial charge in [0, 0.05) is 48.8 Å². The van der Waals surface area contributed by atoms with Gasteiger partial charge >= 0.3 is 0 Å². The summed E-state index contributed by atoms with van der Waals surface area (Å²) in [4.78, 5) is 26.3. The lowest BCUT2D eigenvalue weighted by Gasteiger charge is -2.35. The Bertz CT molecular complexity index is 649. The van der Waals surface area contributed by atoms with Crippen molar-refractivity contribution in [2.75, 3.05) is 26.2 Å². The molecule has 0 spiro atoms. The van der Waals surface area contributed by atoms with Gasteiger partial charge < -0.3 is 15.7 Å². The van der Waals surface area contributed by atoms with Gasteiger partial charge in [0.1, 0.15) is 5.82 Å². The predicted octanol–water partition coefficient (Wildman–Crippen LogP) is 1.30. The Kier molecular flexibility index (Phi) is 6.97. The number of rotatable bonds is 7. The summed E-state index contributed by atoms with van der Waals surface area (Å²) >= 11 is 6.08. The number of benzene rings is 1. The highest BCUT2D eigenvalue weighted by atomic mass is 35.5. The normalized spacial score (nSPS) is 18.5. The van der Waals surface area contributed by atoms with Crippen LogP contribution in [-0.2, 0) is 16.1 Å². The van der Waals surface area contributed by atoms with Gasteiger partial charge in [-0.1, -0.05) is 31.5 Å². The fourth-order valence-electron chi connectivity index (χ4n) is 2.70. The molecule has 1 atom stereocenters. The van der Waals surface area contributed by atoms with Crippen molar-refractivity contribution in [3.8, 4) is 0 Å². The van der Waals surface area contributed by atoms with Crippen molar-refractivity contribution in [2.24, 2.45) is 5.41 Å². The number of hydrogen-bond acceptors (Lipinski definition) is 4. The van der Waals surface area contributed by atoms with E-state index in [0.29, 0.717) is 30.2 Å². The van der Waals surface area contributed by atoms with Crippen LogP contribution in [0.1, 0.15) is 25.8 Å². The third kappa shape index (κ3) is 5.40. The van der Waals surface area contributed by atoms with Gasteiger partial charge in [-0.3, -0.25) is 14.5 Å². The van der Waals surface area contributed by atoms with Crippen molar-refractivity contribution >= 4 is 23.4 Å². The molecule has 1 aliphatic rings. The third-order valence-corrected chi connectivity index (χ3v) is 4.79. The van der Waals surface area contributed by atoms with Gasteiger partial charge in [0.05, 0.1) is 12.5 Å². The molecule has 1 aliphatic heterocycles. The van der Waals surface area contributed by atoms with E-state index in [4.69, 9.17) is 11.6 Å². The smallest absolute Gasteiger partial charge is 0.237 e. The molecule has 2 rings (SSSR count). The van der Waals surface area contributed by atoms with Crippen molar-refractivity contribution in [3.05, 3.63) is 34.6 Å². The molecule has 1 aromatic carbocycles. The van der Waals surface area contributed by atoms with Crippen LogP contribution in [0.2, 0.25) is 5.02 Å². The third-order valence-electron chi connectivity index (χ3n) is 4.44. The molecule has 26 heavy (non-hydrogen) atoms. The van der Waals surface area contributed by atoms with Gasteiger partial charge in [-0.2, -0.15) is 0 Å². The van der Waals surface area contributed by atoms with Crippen molar-refractivity contribution in [1.82, 2.24) is 15.5 Å². The SMILES string of the molecule is CC(C)(CO)CNC(=O)CC1C(=O)NCCN1Cc1c(F)cccc1Cl. The summed E-state index contributed by atoms with van der Waals surface area (Å²) in [5, 5.41) is 15.0. The largest absolute Gasteiger partial charge is 0.396 e. The number of nitrogens with zero attached hydrogens (tertiary/aromatic N) is 1. The lowest BCUT2D eigenvalue weighted by Crippen LogP contribution is -2.56. The van der Waals surface area contributed by atoms with Crippen LogP contribution in [-0.4, -0.2) is 54.1 Å². The highest BCUT2D eigenvalue weighted by Crippen LogP contribution is 2.23. The average molecular weight is 386 g/mol. The fraction of sp³-hybridized carbons (Fsp3) is 0.556. The van der Waals surface area contributed by atoms with Crippen molar-refractivity contribution < 1.29 is 19.1 Å². The maximum atomic E-state index is 14.1. The molecule has 2 amide bonds. The molecule has 0 bridgehead atoms. The van der Waals surface area contributed by atoms with Crippen LogP contribution in [0.4, 0.5) is 4.39 Å². The summed E-state index contributed by atoms with van der Waals surface area (Å²) < 4.78 is 14.1. The summed E-state index contributed by atoms with van der Waals surface area (Å²) in [5.74, 6) is -0.991. The summed E-state index contributed by atoms with van der Waals surface area (Å²) in [5.41, 5.74) is -0.124. The van der Waals surface area contributed by atoms with E-state index in [-0.39, 0.29) is 31.4 Å². The molecule has 144 valence electrons. The molecule has 0 aliphatic carbocycles. The lowest BCUT2D eigenvalue weighted by atomic mass is 9.95. The number of piperazine rings is 1. The number of halogens is 2. The molecule has 1 fully saturated rings. The van der Waals surface area contributed by atoms with E-state index >= 15 is 0 Å². The van der Waals surface area contributed by atoms with Gasteiger partial charge in [-0.25, -0.2) is 4.39 Å². The van der Waals surface area contributed by atoms with E-state index in [0.717, 1.165) is 0 Å². The highest BCUT2D eigenvalue weighted by molar-refractivity contribution is 6.31. The molecule has 1 heterocycles. The molecule has 6 nitrogen and oxygen atoms in total. The van der Waals surface area contributed by atoms with Gasteiger partial charge in [0.25, 0.3) is 0 Å². The monoisotopic (exact) mass is 385 g/mol. The molecule has 3 N–H and O–H groups in total. The molecular weight excluding hydrogens is 361 g/mol. The van der Waals surface area contributed by atoms with E-state index < -0.39 is 17.3 Å². The van der Waals surface area contributed by atoms with E-state index in [9.17, 15) is 19.1 Å². The number of aliphatic hydroxyl groups excluding tert-OH is 1. The zero-order valence-electron chi connectivity index (χ0n) is 15.0. The van der Waals surface area contributed by atoms with Crippen molar-refractivity contribution in [3.63, 3.8) is 0 Å². The molecule has 8 heteroatoms. The van der Waals surface area contributed by atoms with Crippen LogP contribution in [0.25, 0.3) is 0 Å². The number of amides is 2. The minimum atomic E-state index is -0.698. The average Bonchev–Trinajstić information content (AvgIpc) is 2.59. The van der Waals surface area contributed by atoms with Crippen LogP contribution < -0.4 is 10.6 Å². The van der Waals surface area contributed by atoms with Gasteiger partial charge in [-0.05, 0) is 12.1 Å². The fourth-order valence-corrected chi connectivity index (χ4v) is 2.92. The Balaban J connectivity index is 2.06. The first kappa shape index (κ1) is 20.6. The Morgan fingerprint density at radius 2 is 2.23 bits per heavy atom. The standard InChI is InChI=1S/C18H25ClFN3O3/c1-18(2,11-24)10-22-16(25)8-15-17(26)21-6-7-23(15)9-12-13(19)4-3-5-14(12)20/h3-5,15,24H,6-11H2,1-2H3,(H,21,26)(H,22,25). The molecule has 0 aromatic heterocycles. The first-order valence-corrected chi connectivity index (χ1v) is 8.93. The number of hydrogen-bond donors (Lipinski definition) is 3. The number of carbonyl (C=O) groups excluding carboxylic acids is 2. The second kappa shape index (κ2) is 8.79. The molecule has 1 saturated heterocycles. The molecule has 0 radical (unpaired) electrons. The van der Waals surface area contributed by atoms with Gasteiger partial charge in [0.2, 0.25) is 11.8 Å². The quantitative estimate of drug-likeness (QED) is 0.661. The van der Waals surface area contributed by atoms with Crippen molar-refractivity contribution in [2.45, 2.75) is 32.9 Å². The van der Waals surface area contributed by atoms with Crippen LogP contribution >= 0.6 is 11.6 Å². The predicted molar refractivity (Wildman–Crippen MR) is 97.1 cm³/mol.